The number of nitrogens with zero attached hydrogens (tertiary/aromatic N) is 2. The van der Waals surface area contributed by atoms with E-state index in [0.717, 1.165) is 5.56 Å². The molecule has 0 spiro atoms. The molecule has 1 unspecified atom stereocenters. The van der Waals surface area contributed by atoms with Gasteiger partial charge in [0.25, 0.3) is 5.56 Å². The molecule has 1 fully saturated rings. The summed E-state index contributed by atoms with van der Waals surface area (Å²) in [5.41, 5.74) is 1.34. The van der Waals surface area contributed by atoms with Crippen molar-refractivity contribution >= 4 is 22.7 Å². The number of benzene rings is 1. The molecule has 23 heavy (non-hydrogen) atoms. The molecule has 0 radical (unpaired) electrons. The zero-order chi connectivity index (χ0) is 16.7. The van der Waals surface area contributed by atoms with Gasteiger partial charge in [0.05, 0.1) is 10.9 Å². The van der Waals surface area contributed by atoms with Crippen LogP contribution in [0.1, 0.15) is 50.0 Å². The second-order valence-electron chi connectivity index (χ2n) is 6.20. The lowest BCUT2D eigenvalue weighted by Gasteiger charge is -2.25. The molecular weight excluding hydrogens is 294 g/mol. The Balaban J connectivity index is 2.26. The first-order chi connectivity index (χ1) is 10.9. The summed E-state index contributed by atoms with van der Waals surface area (Å²) in [5, 5.41) is 2.86. The van der Waals surface area contributed by atoms with Crippen molar-refractivity contribution in [1.29, 1.82) is 0 Å². The fraction of sp³-hybridized carbons (Fsp3) is 0.412. The molecule has 2 aromatic rings. The minimum atomic E-state index is -0.683. The van der Waals surface area contributed by atoms with E-state index in [-0.39, 0.29) is 23.8 Å². The van der Waals surface area contributed by atoms with Gasteiger partial charge in [-0.25, -0.2) is 4.98 Å². The van der Waals surface area contributed by atoms with Crippen LogP contribution in [0.4, 0.5) is 0 Å². The summed E-state index contributed by atoms with van der Waals surface area (Å²) in [6, 6.07) is 4.93. The number of rotatable bonds is 2. The van der Waals surface area contributed by atoms with E-state index in [2.05, 4.69) is 10.3 Å². The predicted octanol–water partition coefficient (Wildman–Crippen LogP) is 1.81. The summed E-state index contributed by atoms with van der Waals surface area (Å²) in [7, 11) is 0. The SMILES string of the molecule is Cc1nc2cccc(C(C)C)c2c(=O)n1C1CCC(=O)NC1=O. The Morgan fingerprint density at radius 3 is 2.65 bits per heavy atom. The number of amides is 2. The lowest BCUT2D eigenvalue weighted by atomic mass is 9.98. The van der Waals surface area contributed by atoms with E-state index in [0.29, 0.717) is 23.1 Å². The van der Waals surface area contributed by atoms with Crippen LogP contribution in [0, 0.1) is 6.92 Å². The van der Waals surface area contributed by atoms with Crippen LogP contribution in [-0.2, 0) is 9.59 Å². The summed E-state index contributed by atoms with van der Waals surface area (Å²) in [6.45, 7) is 5.75. The second-order valence-corrected chi connectivity index (χ2v) is 6.20. The summed E-state index contributed by atoms with van der Waals surface area (Å²) in [4.78, 5) is 41.1. The number of aryl methyl sites for hydroxylation is 1. The highest BCUT2D eigenvalue weighted by molar-refractivity contribution is 5.99. The molecule has 1 atom stereocenters. The van der Waals surface area contributed by atoms with Gasteiger partial charge in [-0.15, -0.1) is 0 Å². The zero-order valence-corrected chi connectivity index (χ0v) is 13.4. The third kappa shape index (κ3) is 2.54. The molecule has 2 heterocycles. The molecule has 0 saturated carbocycles. The number of imide groups is 1. The van der Waals surface area contributed by atoms with E-state index in [1.807, 2.05) is 32.0 Å². The Kier molecular flexibility index (Phi) is 3.75. The number of carbonyl (C=O) groups is 2. The molecule has 1 aliphatic heterocycles. The topological polar surface area (TPSA) is 81.1 Å². The van der Waals surface area contributed by atoms with E-state index < -0.39 is 11.9 Å². The van der Waals surface area contributed by atoms with Gasteiger partial charge in [-0.2, -0.15) is 0 Å². The fourth-order valence-corrected chi connectivity index (χ4v) is 3.16. The first-order valence-corrected chi connectivity index (χ1v) is 7.75. The third-order valence-corrected chi connectivity index (χ3v) is 4.28. The van der Waals surface area contributed by atoms with Crippen LogP contribution in [0.3, 0.4) is 0 Å². The van der Waals surface area contributed by atoms with Crippen LogP contribution >= 0.6 is 0 Å². The molecule has 1 aromatic carbocycles. The van der Waals surface area contributed by atoms with E-state index in [4.69, 9.17) is 0 Å². The number of hydrogen-bond donors (Lipinski definition) is 1. The monoisotopic (exact) mass is 313 g/mol. The van der Waals surface area contributed by atoms with Crippen molar-refractivity contribution in [1.82, 2.24) is 14.9 Å². The lowest BCUT2D eigenvalue weighted by molar-refractivity contribution is -0.135. The molecule has 1 aliphatic rings. The minimum absolute atomic E-state index is 0.172. The number of carbonyl (C=O) groups excluding carboxylic acids is 2. The van der Waals surface area contributed by atoms with E-state index in [1.165, 1.54) is 4.57 Å². The van der Waals surface area contributed by atoms with Gasteiger partial charge < -0.3 is 0 Å². The first-order valence-electron chi connectivity index (χ1n) is 7.75. The highest BCUT2D eigenvalue weighted by Gasteiger charge is 2.30. The van der Waals surface area contributed by atoms with Gasteiger partial charge in [0.2, 0.25) is 11.8 Å². The van der Waals surface area contributed by atoms with Crippen LogP contribution < -0.4 is 10.9 Å². The van der Waals surface area contributed by atoms with Crippen molar-refractivity contribution < 1.29 is 9.59 Å². The largest absolute Gasteiger partial charge is 0.295 e. The van der Waals surface area contributed by atoms with Crippen molar-refractivity contribution in [3.05, 3.63) is 39.9 Å². The number of nitrogens with one attached hydrogen (secondary N) is 1. The molecule has 0 bridgehead atoms. The van der Waals surface area contributed by atoms with Crippen LogP contribution in [0.2, 0.25) is 0 Å². The van der Waals surface area contributed by atoms with Gasteiger partial charge >= 0.3 is 0 Å². The Morgan fingerprint density at radius 1 is 1.26 bits per heavy atom. The average Bonchev–Trinajstić information content (AvgIpc) is 2.48. The molecule has 6 nitrogen and oxygen atoms in total. The van der Waals surface area contributed by atoms with Crippen LogP contribution in [-0.4, -0.2) is 21.4 Å². The Bertz CT molecular complexity index is 867. The lowest BCUT2D eigenvalue weighted by Crippen LogP contribution is -2.45. The Hall–Kier alpha value is -2.50. The third-order valence-electron chi connectivity index (χ3n) is 4.28. The van der Waals surface area contributed by atoms with Crippen molar-refractivity contribution in [3.8, 4) is 0 Å². The maximum atomic E-state index is 13.1. The molecular formula is C17H19N3O3. The molecule has 0 aliphatic carbocycles. The summed E-state index contributed by atoms with van der Waals surface area (Å²) in [5.74, 6) is -0.0766. The number of hydrogen-bond acceptors (Lipinski definition) is 4. The van der Waals surface area contributed by atoms with E-state index in [1.54, 1.807) is 6.92 Å². The second kappa shape index (κ2) is 5.61. The molecule has 3 rings (SSSR count). The van der Waals surface area contributed by atoms with Gasteiger partial charge in [0, 0.05) is 6.42 Å². The predicted molar refractivity (Wildman–Crippen MR) is 86.2 cm³/mol. The smallest absolute Gasteiger partial charge is 0.262 e. The highest BCUT2D eigenvalue weighted by Crippen LogP contribution is 2.24. The molecule has 2 amide bonds. The Labute approximate surface area is 133 Å². The van der Waals surface area contributed by atoms with Gasteiger partial charge in [-0.1, -0.05) is 26.0 Å². The highest BCUT2D eigenvalue weighted by atomic mass is 16.2. The number of aromatic nitrogens is 2. The normalized spacial score (nSPS) is 18.5. The van der Waals surface area contributed by atoms with Crippen LogP contribution in [0.15, 0.2) is 23.0 Å². The van der Waals surface area contributed by atoms with Crippen LogP contribution in [0.5, 0.6) is 0 Å². The summed E-state index contributed by atoms with van der Waals surface area (Å²) >= 11 is 0. The maximum absolute atomic E-state index is 13.1. The molecule has 1 saturated heterocycles. The number of piperidine rings is 1. The van der Waals surface area contributed by atoms with Crippen molar-refractivity contribution in [2.75, 3.05) is 0 Å². The average molecular weight is 313 g/mol. The summed E-state index contributed by atoms with van der Waals surface area (Å²) in [6.07, 6.45) is 0.550. The van der Waals surface area contributed by atoms with E-state index >= 15 is 0 Å². The first kappa shape index (κ1) is 15.4. The standard InChI is InChI=1S/C17H19N3O3/c1-9(2)11-5-4-6-12-15(11)17(23)20(10(3)18-12)13-7-8-14(21)19-16(13)22/h4-6,9,13H,7-8H2,1-3H3,(H,19,21,22). The number of fused-ring (bicyclic) bond motifs is 1. The minimum Gasteiger partial charge on any atom is -0.295 e. The van der Waals surface area contributed by atoms with Gasteiger partial charge in [0.15, 0.2) is 0 Å². The van der Waals surface area contributed by atoms with Gasteiger partial charge in [-0.3, -0.25) is 24.3 Å². The van der Waals surface area contributed by atoms with Gasteiger partial charge in [-0.05, 0) is 30.9 Å². The van der Waals surface area contributed by atoms with Crippen LogP contribution in [0.25, 0.3) is 10.9 Å². The molecule has 1 aromatic heterocycles. The van der Waals surface area contributed by atoms with Crippen molar-refractivity contribution in [2.24, 2.45) is 0 Å². The maximum Gasteiger partial charge on any atom is 0.262 e. The molecule has 120 valence electrons. The van der Waals surface area contributed by atoms with Gasteiger partial charge in [0.1, 0.15) is 11.9 Å². The summed E-state index contributed by atoms with van der Waals surface area (Å²) < 4.78 is 1.43. The van der Waals surface area contributed by atoms with Crippen molar-refractivity contribution in [3.63, 3.8) is 0 Å². The quantitative estimate of drug-likeness (QED) is 0.857. The van der Waals surface area contributed by atoms with Crippen molar-refractivity contribution in [2.45, 2.75) is 45.6 Å². The molecule has 6 heteroatoms. The fourth-order valence-electron chi connectivity index (χ4n) is 3.16. The van der Waals surface area contributed by atoms with E-state index in [9.17, 15) is 14.4 Å². The zero-order valence-electron chi connectivity index (χ0n) is 13.4. The Morgan fingerprint density at radius 2 is 2.00 bits per heavy atom. The molecule has 1 N–H and O–H groups in total.